The van der Waals surface area contributed by atoms with Crippen molar-refractivity contribution in [1.29, 1.82) is 0 Å². The van der Waals surface area contributed by atoms with Crippen molar-refractivity contribution in [3.05, 3.63) is 40.2 Å². The minimum Gasteiger partial charge on any atom is -0.377 e. The first kappa shape index (κ1) is 12.6. The average Bonchev–Trinajstić information content (AvgIpc) is 2.31. The molecule has 0 aliphatic rings. The van der Waals surface area contributed by atoms with Gasteiger partial charge in [0.15, 0.2) is 0 Å². The van der Waals surface area contributed by atoms with E-state index in [1.807, 2.05) is 0 Å². The maximum atomic E-state index is 12.5. The van der Waals surface area contributed by atoms with Crippen molar-refractivity contribution in [3.63, 3.8) is 0 Å². The van der Waals surface area contributed by atoms with Gasteiger partial charge in [0.1, 0.15) is 6.67 Å². The molecule has 0 spiro atoms. The zero-order chi connectivity index (χ0) is 13.3. The fourth-order valence-corrected chi connectivity index (χ4v) is 2.01. The van der Waals surface area contributed by atoms with Crippen LogP contribution >= 0.6 is 0 Å². The van der Waals surface area contributed by atoms with Gasteiger partial charge in [-0.1, -0.05) is 6.07 Å². The van der Waals surface area contributed by atoms with Gasteiger partial charge >= 0.3 is 10.1 Å². The van der Waals surface area contributed by atoms with Crippen molar-refractivity contribution in [1.82, 2.24) is 4.98 Å². The smallest absolute Gasteiger partial charge is 0.306 e. The second-order valence-corrected chi connectivity index (χ2v) is 5.36. The van der Waals surface area contributed by atoms with Crippen molar-refractivity contribution in [2.24, 2.45) is 0 Å². The van der Waals surface area contributed by atoms with Crippen molar-refractivity contribution >= 4 is 21.0 Å². The van der Waals surface area contributed by atoms with E-state index in [9.17, 15) is 17.6 Å². The molecule has 1 aromatic carbocycles. The van der Waals surface area contributed by atoms with E-state index in [1.54, 1.807) is 0 Å². The molecule has 7 heteroatoms. The molecule has 96 valence electrons. The Kier molecular flexibility index (Phi) is 3.08. The molecule has 0 saturated carbocycles. The molecule has 18 heavy (non-hydrogen) atoms. The molecule has 0 aliphatic carbocycles. The van der Waals surface area contributed by atoms with Gasteiger partial charge in [-0.2, -0.15) is 8.42 Å². The Bertz CT molecular complexity index is 751. The molecule has 0 unspecified atom stereocenters. The fourth-order valence-electron chi connectivity index (χ4n) is 1.56. The van der Waals surface area contributed by atoms with Gasteiger partial charge in [-0.05, 0) is 17.7 Å². The first-order valence-corrected chi connectivity index (χ1v) is 6.82. The van der Waals surface area contributed by atoms with E-state index in [2.05, 4.69) is 9.17 Å². The maximum Gasteiger partial charge on any atom is 0.306 e. The van der Waals surface area contributed by atoms with Crippen LogP contribution in [0.3, 0.4) is 0 Å². The Morgan fingerprint density at radius 3 is 2.72 bits per heavy atom. The number of hydrogen-bond acceptors (Lipinski definition) is 4. The molecule has 1 N–H and O–H groups in total. The molecule has 0 saturated heterocycles. The van der Waals surface area contributed by atoms with Gasteiger partial charge in [-0.25, -0.2) is 4.39 Å². The van der Waals surface area contributed by atoms with Crippen molar-refractivity contribution in [2.45, 2.75) is 6.67 Å². The maximum absolute atomic E-state index is 12.5. The van der Waals surface area contributed by atoms with Gasteiger partial charge in [0.05, 0.1) is 6.26 Å². The van der Waals surface area contributed by atoms with Gasteiger partial charge in [-0.15, -0.1) is 0 Å². The third kappa shape index (κ3) is 2.51. The van der Waals surface area contributed by atoms with Crippen molar-refractivity contribution in [2.75, 3.05) is 6.26 Å². The van der Waals surface area contributed by atoms with E-state index < -0.39 is 22.2 Å². The summed E-state index contributed by atoms with van der Waals surface area (Å²) < 4.78 is 38.9. The lowest BCUT2D eigenvalue weighted by Gasteiger charge is -2.04. The van der Waals surface area contributed by atoms with Crippen LogP contribution in [0.2, 0.25) is 0 Å². The second-order valence-electron chi connectivity index (χ2n) is 3.78. The monoisotopic (exact) mass is 271 g/mol. The quantitative estimate of drug-likeness (QED) is 0.855. The van der Waals surface area contributed by atoms with Crippen LogP contribution < -0.4 is 9.61 Å². The Labute approximate surface area is 102 Å². The van der Waals surface area contributed by atoms with Crippen LogP contribution in [0.5, 0.6) is 5.75 Å². The molecule has 0 aliphatic heterocycles. The van der Waals surface area contributed by atoms with Gasteiger partial charge in [0, 0.05) is 17.1 Å². The molecular formula is C11H10FNO4S. The third-order valence-corrected chi connectivity index (χ3v) is 2.79. The molecular weight excluding hydrogens is 261 g/mol. The van der Waals surface area contributed by atoms with E-state index in [4.69, 9.17) is 0 Å². The number of aromatic amines is 1. The van der Waals surface area contributed by atoms with Crippen molar-refractivity contribution < 1.29 is 17.0 Å². The first-order valence-electron chi connectivity index (χ1n) is 5.00. The van der Waals surface area contributed by atoms with Crippen LogP contribution in [0.4, 0.5) is 4.39 Å². The molecule has 0 amide bonds. The number of H-pyrrole nitrogens is 1. The highest BCUT2D eigenvalue weighted by atomic mass is 32.2. The molecule has 0 atom stereocenters. The van der Waals surface area contributed by atoms with E-state index >= 15 is 0 Å². The lowest BCUT2D eigenvalue weighted by molar-refractivity contribution is 0.485. The van der Waals surface area contributed by atoms with E-state index in [0.717, 1.165) is 12.5 Å². The van der Waals surface area contributed by atoms with E-state index in [0.29, 0.717) is 11.1 Å². The number of pyridine rings is 1. The summed E-state index contributed by atoms with van der Waals surface area (Å²) in [4.78, 5) is 14.6. The topological polar surface area (TPSA) is 76.2 Å². The number of rotatable bonds is 3. The summed E-state index contributed by atoms with van der Waals surface area (Å²) >= 11 is 0. The summed E-state index contributed by atoms with van der Waals surface area (Å²) in [5.74, 6) is -0.307. The van der Waals surface area contributed by atoms with Crippen LogP contribution in [-0.2, 0) is 16.8 Å². The average molecular weight is 271 g/mol. The Morgan fingerprint density at radius 2 is 2.11 bits per heavy atom. The summed E-state index contributed by atoms with van der Waals surface area (Å²) in [5, 5.41) is 0.244. The van der Waals surface area contributed by atoms with E-state index in [1.165, 1.54) is 18.2 Å². The highest BCUT2D eigenvalue weighted by Gasteiger charge is 2.11. The number of benzene rings is 1. The minimum absolute atomic E-state index is 0.244. The summed E-state index contributed by atoms with van der Waals surface area (Å²) in [6.45, 7) is -0.639. The molecule has 2 rings (SSSR count). The highest BCUT2D eigenvalue weighted by Crippen LogP contribution is 2.15. The summed E-state index contributed by atoms with van der Waals surface area (Å²) in [5.41, 5.74) is 0.297. The number of alkyl halides is 1. The number of hydrogen-bond donors (Lipinski definition) is 1. The molecule has 1 heterocycles. The number of nitrogens with one attached hydrogen (secondary N) is 1. The van der Waals surface area contributed by atoms with Gasteiger partial charge in [0.2, 0.25) is 11.2 Å². The third-order valence-electron chi connectivity index (χ3n) is 2.31. The van der Waals surface area contributed by atoms with Gasteiger partial charge < -0.3 is 9.17 Å². The zero-order valence-electron chi connectivity index (χ0n) is 9.44. The Hall–Kier alpha value is -1.89. The summed E-state index contributed by atoms with van der Waals surface area (Å²) in [6.07, 6.45) is 2.00. The van der Waals surface area contributed by atoms with Crippen LogP contribution in [0.25, 0.3) is 10.9 Å². The van der Waals surface area contributed by atoms with Crippen LogP contribution in [-0.4, -0.2) is 19.7 Å². The largest absolute Gasteiger partial charge is 0.377 e. The Morgan fingerprint density at radius 1 is 1.39 bits per heavy atom. The predicted molar refractivity (Wildman–Crippen MR) is 64.9 cm³/mol. The highest BCUT2D eigenvalue weighted by molar-refractivity contribution is 7.86. The molecule has 0 radical (unpaired) electrons. The SMILES string of the molecule is CS(=O)(=O)Oc1c[nH]c2cc(CF)ccc2c1=O. The minimum atomic E-state index is -3.76. The number of aromatic nitrogens is 1. The van der Waals surface area contributed by atoms with Crippen LogP contribution in [0.1, 0.15) is 5.56 Å². The first-order chi connectivity index (χ1) is 8.40. The molecule has 0 fully saturated rings. The Balaban J connectivity index is 2.62. The van der Waals surface area contributed by atoms with Crippen LogP contribution in [0, 0.1) is 0 Å². The molecule has 5 nitrogen and oxygen atoms in total. The van der Waals surface area contributed by atoms with Gasteiger partial charge in [-0.3, -0.25) is 4.79 Å². The normalized spacial score (nSPS) is 11.7. The standard InChI is InChI=1S/C11H10FNO4S/c1-18(15,16)17-10-6-13-9-4-7(5-12)2-3-8(9)11(10)14/h2-4,6H,5H2,1H3,(H,13,14). The molecule has 2 aromatic rings. The lowest BCUT2D eigenvalue weighted by Crippen LogP contribution is -2.14. The summed E-state index contributed by atoms with van der Waals surface area (Å²) in [7, 11) is -3.76. The molecule has 0 bridgehead atoms. The van der Waals surface area contributed by atoms with Crippen molar-refractivity contribution in [3.8, 4) is 5.75 Å². The number of halogens is 1. The summed E-state index contributed by atoms with van der Waals surface area (Å²) in [6, 6.07) is 4.38. The zero-order valence-corrected chi connectivity index (χ0v) is 10.3. The molecule has 1 aromatic heterocycles. The van der Waals surface area contributed by atoms with Gasteiger partial charge in [0.25, 0.3) is 0 Å². The van der Waals surface area contributed by atoms with E-state index in [-0.39, 0.29) is 11.1 Å². The number of fused-ring (bicyclic) bond motifs is 1. The lowest BCUT2D eigenvalue weighted by atomic mass is 10.1. The van der Waals surface area contributed by atoms with Crippen LogP contribution in [0.15, 0.2) is 29.2 Å². The predicted octanol–water partition coefficient (Wildman–Crippen LogP) is 1.34. The fraction of sp³-hybridized carbons (Fsp3) is 0.182. The second kappa shape index (κ2) is 4.41.